The summed E-state index contributed by atoms with van der Waals surface area (Å²) in [5.74, 6) is 0.844. The third kappa shape index (κ3) is 4.08. The van der Waals surface area contributed by atoms with E-state index in [1.54, 1.807) is 6.26 Å². The second-order valence-corrected chi connectivity index (χ2v) is 4.72. The van der Waals surface area contributed by atoms with Gasteiger partial charge < -0.3 is 14.5 Å². The molecule has 1 aromatic rings. The molecule has 0 radical (unpaired) electrons. The molecular weight excluding hydrogens is 244 g/mol. The Hall–Kier alpha value is -1.33. The molecule has 1 amide bonds. The van der Waals surface area contributed by atoms with Gasteiger partial charge in [0.25, 0.3) is 0 Å². The first-order valence-corrected chi connectivity index (χ1v) is 6.93. The SMILES string of the molecule is CCOCC(=O)NC[C@@H](c1ccco1)N1CCCC1. The van der Waals surface area contributed by atoms with Crippen LogP contribution in [0.1, 0.15) is 31.6 Å². The normalized spacial score (nSPS) is 17.5. The van der Waals surface area contributed by atoms with Crippen LogP contribution in [0, 0.1) is 0 Å². The van der Waals surface area contributed by atoms with E-state index in [9.17, 15) is 4.79 Å². The van der Waals surface area contributed by atoms with E-state index in [0.29, 0.717) is 13.2 Å². The van der Waals surface area contributed by atoms with Gasteiger partial charge in [-0.2, -0.15) is 0 Å². The predicted molar refractivity (Wildman–Crippen MR) is 71.8 cm³/mol. The van der Waals surface area contributed by atoms with Crippen LogP contribution in [0.5, 0.6) is 0 Å². The maximum absolute atomic E-state index is 11.6. The summed E-state index contributed by atoms with van der Waals surface area (Å²) in [6.45, 7) is 5.25. The molecule has 1 saturated heterocycles. The molecule has 1 fully saturated rings. The minimum absolute atomic E-state index is 0.0717. The van der Waals surface area contributed by atoms with E-state index in [2.05, 4.69) is 10.2 Å². The number of likely N-dealkylation sites (tertiary alicyclic amines) is 1. The van der Waals surface area contributed by atoms with Crippen molar-refractivity contribution in [2.24, 2.45) is 0 Å². The molecule has 0 saturated carbocycles. The van der Waals surface area contributed by atoms with Gasteiger partial charge in [-0.1, -0.05) is 0 Å². The second kappa shape index (κ2) is 7.31. The molecule has 1 N–H and O–H groups in total. The van der Waals surface area contributed by atoms with Gasteiger partial charge >= 0.3 is 0 Å². The highest BCUT2D eigenvalue weighted by Crippen LogP contribution is 2.24. The van der Waals surface area contributed by atoms with Crippen molar-refractivity contribution in [3.05, 3.63) is 24.2 Å². The Morgan fingerprint density at radius 1 is 1.53 bits per heavy atom. The summed E-state index contributed by atoms with van der Waals surface area (Å²) in [5.41, 5.74) is 0. The molecular formula is C14H22N2O3. The van der Waals surface area contributed by atoms with Crippen LogP contribution in [-0.4, -0.2) is 43.7 Å². The van der Waals surface area contributed by atoms with E-state index in [1.807, 2.05) is 19.1 Å². The molecule has 106 valence electrons. The molecule has 0 aliphatic carbocycles. The van der Waals surface area contributed by atoms with Gasteiger partial charge in [-0.15, -0.1) is 0 Å². The summed E-state index contributed by atoms with van der Waals surface area (Å²) >= 11 is 0. The van der Waals surface area contributed by atoms with Crippen molar-refractivity contribution in [3.63, 3.8) is 0 Å². The third-order valence-electron chi connectivity index (χ3n) is 3.38. The fourth-order valence-corrected chi connectivity index (χ4v) is 2.40. The Bertz CT molecular complexity index is 372. The summed E-state index contributed by atoms with van der Waals surface area (Å²) in [6, 6.07) is 3.99. The maximum Gasteiger partial charge on any atom is 0.246 e. The van der Waals surface area contributed by atoms with E-state index < -0.39 is 0 Å². The van der Waals surface area contributed by atoms with Crippen molar-refractivity contribution in [1.29, 1.82) is 0 Å². The summed E-state index contributed by atoms with van der Waals surface area (Å²) < 4.78 is 10.6. The molecule has 1 aromatic heterocycles. The molecule has 2 rings (SSSR count). The van der Waals surface area contributed by atoms with E-state index in [4.69, 9.17) is 9.15 Å². The van der Waals surface area contributed by atoms with Crippen LogP contribution >= 0.6 is 0 Å². The quantitative estimate of drug-likeness (QED) is 0.814. The molecule has 1 aliphatic heterocycles. The minimum Gasteiger partial charge on any atom is -0.468 e. The summed E-state index contributed by atoms with van der Waals surface area (Å²) in [7, 11) is 0. The number of carbonyl (C=O) groups is 1. The predicted octanol–water partition coefficient (Wildman–Crippen LogP) is 1.57. The first-order valence-electron chi connectivity index (χ1n) is 6.93. The van der Waals surface area contributed by atoms with Gasteiger partial charge in [0.1, 0.15) is 12.4 Å². The lowest BCUT2D eigenvalue weighted by atomic mass is 10.2. The van der Waals surface area contributed by atoms with Gasteiger partial charge in [0.05, 0.1) is 12.3 Å². The van der Waals surface area contributed by atoms with Crippen LogP contribution in [0.4, 0.5) is 0 Å². The average molecular weight is 266 g/mol. The van der Waals surface area contributed by atoms with Gasteiger partial charge in [-0.05, 0) is 45.0 Å². The van der Waals surface area contributed by atoms with Gasteiger partial charge in [-0.25, -0.2) is 0 Å². The lowest BCUT2D eigenvalue weighted by Gasteiger charge is -2.25. The molecule has 0 bridgehead atoms. The van der Waals surface area contributed by atoms with Crippen molar-refractivity contribution in [1.82, 2.24) is 10.2 Å². The van der Waals surface area contributed by atoms with E-state index in [0.717, 1.165) is 18.8 Å². The summed E-state index contributed by atoms with van der Waals surface area (Å²) in [4.78, 5) is 14.0. The number of amides is 1. The topological polar surface area (TPSA) is 54.7 Å². The van der Waals surface area contributed by atoms with E-state index in [-0.39, 0.29) is 18.6 Å². The molecule has 1 aliphatic rings. The summed E-state index contributed by atoms with van der Waals surface area (Å²) in [6.07, 6.45) is 4.11. The molecule has 5 heteroatoms. The lowest BCUT2D eigenvalue weighted by Crippen LogP contribution is -2.38. The average Bonchev–Trinajstić information content (AvgIpc) is 3.09. The number of nitrogens with zero attached hydrogens (tertiary/aromatic N) is 1. The van der Waals surface area contributed by atoms with Crippen molar-refractivity contribution in [2.75, 3.05) is 32.8 Å². The number of furan rings is 1. The zero-order chi connectivity index (χ0) is 13.5. The Labute approximate surface area is 113 Å². The highest BCUT2D eigenvalue weighted by atomic mass is 16.5. The van der Waals surface area contributed by atoms with Crippen LogP contribution < -0.4 is 5.32 Å². The zero-order valence-electron chi connectivity index (χ0n) is 11.4. The van der Waals surface area contributed by atoms with Gasteiger partial charge in [-0.3, -0.25) is 9.69 Å². The van der Waals surface area contributed by atoms with Crippen molar-refractivity contribution in [2.45, 2.75) is 25.8 Å². The largest absolute Gasteiger partial charge is 0.468 e. The van der Waals surface area contributed by atoms with E-state index >= 15 is 0 Å². The van der Waals surface area contributed by atoms with Crippen molar-refractivity contribution >= 4 is 5.91 Å². The van der Waals surface area contributed by atoms with Crippen molar-refractivity contribution in [3.8, 4) is 0 Å². The van der Waals surface area contributed by atoms with Crippen LogP contribution in [-0.2, 0) is 9.53 Å². The van der Waals surface area contributed by atoms with Gasteiger partial charge in [0.2, 0.25) is 5.91 Å². The monoisotopic (exact) mass is 266 g/mol. The molecule has 19 heavy (non-hydrogen) atoms. The minimum atomic E-state index is -0.0717. The standard InChI is InChI=1S/C14H22N2O3/c1-2-18-11-14(17)15-10-12(13-6-5-9-19-13)16-7-3-4-8-16/h5-6,9,12H,2-4,7-8,10-11H2,1H3,(H,15,17)/t12-/m0/s1. The number of carbonyl (C=O) groups excluding carboxylic acids is 1. The van der Waals surface area contributed by atoms with Crippen LogP contribution in [0.3, 0.4) is 0 Å². The molecule has 2 heterocycles. The number of ether oxygens (including phenoxy) is 1. The number of rotatable bonds is 7. The Morgan fingerprint density at radius 3 is 2.95 bits per heavy atom. The third-order valence-corrected chi connectivity index (χ3v) is 3.38. The fourth-order valence-electron chi connectivity index (χ4n) is 2.40. The van der Waals surface area contributed by atoms with E-state index in [1.165, 1.54) is 12.8 Å². The van der Waals surface area contributed by atoms with Crippen LogP contribution in [0.15, 0.2) is 22.8 Å². The van der Waals surface area contributed by atoms with Gasteiger partial charge in [0.15, 0.2) is 0 Å². The van der Waals surface area contributed by atoms with Crippen molar-refractivity contribution < 1.29 is 13.9 Å². The Morgan fingerprint density at radius 2 is 2.32 bits per heavy atom. The zero-order valence-corrected chi connectivity index (χ0v) is 11.4. The highest BCUT2D eigenvalue weighted by molar-refractivity contribution is 5.77. The number of hydrogen-bond acceptors (Lipinski definition) is 4. The highest BCUT2D eigenvalue weighted by Gasteiger charge is 2.25. The first kappa shape index (κ1) is 14.1. The molecule has 5 nitrogen and oxygen atoms in total. The van der Waals surface area contributed by atoms with Gasteiger partial charge in [0, 0.05) is 13.2 Å². The molecule has 0 aromatic carbocycles. The maximum atomic E-state index is 11.6. The molecule has 1 atom stereocenters. The lowest BCUT2D eigenvalue weighted by molar-refractivity contribution is -0.125. The smallest absolute Gasteiger partial charge is 0.246 e. The number of hydrogen-bond donors (Lipinski definition) is 1. The van der Waals surface area contributed by atoms with Crippen LogP contribution in [0.25, 0.3) is 0 Å². The Balaban J connectivity index is 1.89. The Kier molecular flexibility index (Phi) is 5.42. The van der Waals surface area contributed by atoms with Crippen LogP contribution in [0.2, 0.25) is 0 Å². The molecule has 0 spiro atoms. The summed E-state index contributed by atoms with van der Waals surface area (Å²) in [5, 5.41) is 2.92. The number of nitrogens with one attached hydrogen (secondary N) is 1. The second-order valence-electron chi connectivity index (χ2n) is 4.72. The first-order chi connectivity index (χ1) is 9.31. The molecule has 0 unspecified atom stereocenters. The fraction of sp³-hybridized carbons (Fsp3) is 0.643.